The van der Waals surface area contributed by atoms with Crippen molar-refractivity contribution in [2.75, 3.05) is 0 Å². The van der Waals surface area contributed by atoms with Gasteiger partial charge in [0, 0.05) is 17.5 Å². The predicted molar refractivity (Wildman–Crippen MR) is 105 cm³/mol. The second-order valence-corrected chi connectivity index (χ2v) is 8.20. The highest BCUT2D eigenvalue weighted by Gasteiger charge is 2.34. The molecule has 0 aliphatic heterocycles. The third-order valence-electron chi connectivity index (χ3n) is 5.94. The first-order chi connectivity index (χ1) is 13.1. The number of hydrogen-bond donors (Lipinski definition) is 1. The molecular weight excluding hydrogens is 363 g/mol. The zero-order valence-corrected chi connectivity index (χ0v) is 16.0. The molecule has 5 heteroatoms. The monoisotopic (exact) mass is 386 g/mol. The minimum absolute atomic E-state index is 0.00139. The highest BCUT2D eigenvalue weighted by molar-refractivity contribution is 6.31. The number of halogens is 2. The van der Waals surface area contributed by atoms with Crippen LogP contribution < -0.4 is 5.73 Å². The Morgan fingerprint density at radius 1 is 1.04 bits per heavy atom. The van der Waals surface area contributed by atoms with E-state index >= 15 is 0 Å². The number of aromatic nitrogens is 1. The minimum Gasteiger partial charge on any atom is -0.325 e. The van der Waals surface area contributed by atoms with E-state index in [9.17, 15) is 9.18 Å². The smallest absolute Gasteiger partial charge is 0.184 e. The summed E-state index contributed by atoms with van der Waals surface area (Å²) >= 11 is 6.22. The summed E-state index contributed by atoms with van der Waals surface area (Å²) in [6, 6.07) is 8.60. The second-order valence-electron chi connectivity index (χ2n) is 7.80. The third kappa shape index (κ3) is 3.92. The number of benzene rings is 1. The van der Waals surface area contributed by atoms with E-state index in [0.717, 1.165) is 55.3 Å². The van der Waals surface area contributed by atoms with Crippen molar-refractivity contribution in [3.8, 4) is 0 Å². The highest BCUT2D eigenvalue weighted by atomic mass is 35.5. The van der Waals surface area contributed by atoms with Crippen LogP contribution in [0.15, 0.2) is 30.3 Å². The molecule has 2 aromatic rings. The van der Waals surface area contributed by atoms with Gasteiger partial charge >= 0.3 is 0 Å². The molecule has 1 heterocycles. The standard InChI is InChI=1S/C22H24ClFN2O/c23-20-11-16(24)7-9-18(20)13-3-5-15(6-4-13)22(27)21-19(14-1-2-14)10-8-17(12-25)26-21/h7-11,13-15H,1-6,12,25H2. The Hall–Kier alpha value is -1.78. The van der Waals surface area contributed by atoms with Crippen molar-refractivity contribution >= 4 is 17.4 Å². The molecule has 0 bridgehead atoms. The molecule has 2 aliphatic carbocycles. The fourth-order valence-corrected chi connectivity index (χ4v) is 4.56. The quantitative estimate of drug-likeness (QED) is 0.703. The normalized spacial score (nSPS) is 22.6. The lowest BCUT2D eigenvalue weighted by Gasteiger charge is -2.28. The van der Waals surface area contributed by atoms with Crippen molar-refractivity contribution in [2.24, 2.45) is 11.7 Å². The number of Topliss-reactive ketones (excluding diaryl/α,β-unsaturated/α-hetero) is 1. The number of hydrogen-bond acceptors (Lipinski definition) is 3. The lowest BCUT2D eigenvalue weighted by atomic mass is 9.76. The summed E-state index contributed by atoms with van der Waals surface area (Å²) < 4.78 is 13.3. The van der Waals surface area contributed by atoms with Crippen LogP contribution in [0.3, 0.4) is 0 Å². The molecule has 4 rings (SSSR count). The summed E-state index contributed by atoms with van der Waals surface area (Å²) in [7, 11) is 0. The van der Waals surface area contributed by atoms with Crippen molar-refractivity contribution in [3.05, 3.63) is 63.7 Å². The van der Waals surface area contributed by atoms with Crippen LogP contribution in [0.5, 0.6) is 0 Å². The molecule has 2 fully saturated rings. The number of carbonyl (C=O) groups is 1. The number of nitrogens with zero attached hydrogens (tertiary/aromatic N) is 1. The molecule has 0 spiro atoms. The van der Waals surface area contributed by atoms with Crippen LogP contribution in [0.25, 0.3) is 0 Å². The summed E-state index contributed by atoms with van der Waals surface area (Å²) in [6.45, 7) is 0.348. The van der Waals surface area contributed by atoms with Crippen LogP contribution in [0.2, 0.25) is 5.02 Å². The van der Waals surface area contributed by atoms with E-state index in [4.69, 9.17) is 17.3 Å². The van der Waals surface area contributed by atoms with Gasteiger partial charge in [-0.05, 0) is 79.7 Å². The van der Waals surface area contributed by atoms with Crippen LogP contribution in [0.4, 0.5) is 4.39 Å². The van der Waals surface area contributed by atoms with E-state index in [1.165, 1.54) is 12.1 Å². The molecule has 1 aromatic carbocycles. The Balaban J connectivity index is 1.49. The Morgan fingerprint density at radius 3 is 2.30 bits per heavy atom. The Labute approximate surface area is 164 Å². The average Bonchev–Trinajstić information content (AvgIpc) is 3.52. The van der Waals surface area contributed by atoms with Gasteiger partial charge in [0.25, 0.3) is 0 Å². The number of pyridine rings is 1. The molecule has 2 saturated carbocycles. The predicted octanol–water partition coefficient (Wildman–Crippen LogP) is 5.37. The molecular formula is C22H24ClFN2O. The first-order valence-corrected chi connectivity index (χ1v) is 10.1. The SMILES string of the molecule is NCc1ccc(C2CC2)c(C(=O)C2CCC(c3ccc(F)cc3Cl)CC2)n1. The molecule has 1 aromatic heterocycles. The molecule has 0 radical (unpaired) electrons. The van der Waals surface area contributed by atoms with E-state index in [1.807, 2.05) is 12.1 Å². The van der Waals surface area contributed by atoms with E-state index in [0.29, 0.717) is 23.2 Å². The molecule has 27 heavy (non-hydrogen) atoms. The zero-order valence-electron chi connectivity index (χ0n) is 15.3. The molecule has 0 unspecified atom stereocenters. The maximum atomic E-state index is 13.3. The summed E-state index contributed by atoms with van der Waals surface area (Å²) in [5, 5.41) is 0.484. The van der Waals surface area contributed by atoms with Crippen molar-refractivity contribution in [2.45, 2.75) is 56.9 Å². The number of rotatable bonds is 5. The molecule has 0 saturated heterocycles. The van der Waals surface area contributed by atoms with E-state index < -0.39 is 0 Å². The molecule has 3 nitrogen and oxygen atoms in total. The molecule has 0 atom stereocenters. The lowest BCUT2D eigenvalue weighted by Crippen LogP contribution is -2.24. The van der Waals surface area contributed by atoms with Gasteiger partial charge in [0.1, 0.15) is 11.5 Å². The van der Waals surface area contributed by atoms with Crippen LogP contribution in [0, 0.1) is 11.7 Å². The van der Waals surface area contributed by atoms with E-state index in [1.54, 1.807) is 6.07 Å². The zero-order chi connectivity index (χ0) is 19.0. The Morgan fingerprint density at radius 2 is 1.67 bits per heavy atom. The van der Waals surface area contributed by atoms with Crippen LogP contribution >= 0.6 is 11.6 Å². The maximum absolute atomic E-state index is 13.3. The van der Waals surface area contributed by atoms with Gasteiger partial charge < -0.3 is 5.73 Å². The number of ketones is 1. The summed E-state index contributed by atoms with van der Waals surface area (Å²) in [5.41, 5.74) is 9.24. The minimum atomic E-state index is -0.314. The van der Waals surface area contributed by atoms with Gasteiger partial charge in [0.05, 0.1) is 5.69 Å². The molecule has 2 N–H and O–H groups in total. The highest BCUT2D eigenvalue weighted by Crippen LogP contribution is 2.44. The first kappa shape index (κ1) is 18.6. The largest absolute Gasteiger partial charge is 0.325 e. The van der Waals surface area contributed by atoms with Crippen molar-refractivity contribution in [3.63, 3.8) is 0 Å². The van der Waals surface area contributed by atoms with Crippen LogP contribution in [0.1, 0.15) is 77.7 Å². The molecule has 2 aliphatic rings. The van der Waals surface area contributed by atoms with Crippen molar-refractivity contribution in [1.29, 1.82) is 0 Å². The van der Waals surface area contributed by atoms with E-state index in [-0.39, 0.29) is 23.4 Å². The number of nitrogens with two attached hydrogens (primary N) is 1. The second kappa shape index (κ2) is 7.69. The fraction of sp³-hybridized carbons (Fsp3) is 0.455. The summed E-state index contributed by atoms with van der Waals surface area (Å²) in [4.78, 5) is 17.8. The Bertz CT molecular complexity index is 857. The average molecular weight is 387 g/mol. The Kier molecular flexibility index (Phi) is 5.29. The van der Waals surface area contributed by atoms with Gasteiger partial charge in [-0.3, -0.25) is 4.79 Å². The first-order valence-electron chi connectivity index (χ1n) is 9.76. The third-order valence-corrected chi connectivity index (χ3v) is 6.27. The van der Waals surface area contributed by atoms with Gasteiger partial charge in [0.15, 0.2) is 5.78 Å². The van der Waals surface area contributed by atoms with Gasteiger partial charge in [-0.2, -0.15) is 0 Å². The summed E-state index contributed by atoms with van der Waals surface area (Å²) in [6.07, 6.45) is 5.68. The van der Waals surface area contributed by atoms with Gasteiger partial charge in [-0.25, -0.2) is 9.37 Å². The maximum Gasteiger partial charge on any atom is 0.184 e. The van der Waals surface area contributed by atoms with Crippen molar-refractivity contribution in [1.82, 2.24) is 4.98 Å². The van der Waals surface area contributed by atoms with Gasteiger partial charge in [-0.1, -0.05) is 23.7 Å². The van der Waals surface area contributed by atoms with Gasteiger partial charge in [-0.15, -0.1) is 0 Å². The number of carbonyl (C=O) groups excluding carboxylic acids is 1. The van der Waals surface area contributed by atoms with Gasteiger partial charge in [0.2, 0.25) is 0 Å². The van der Waals surface area contributed by atoms with Crippen LogP contribution in [-0.4, -0.2) is 10.8 Å². The van der Waals surface area contributed by atoms with E-state index in [2.05, 4.69) is 4.98 Å². The fourth-order valence-electron chi connectivity index (χ4n) is 4.24. The van der Waals surface area contributed by atoms with Crippen LogP contribution in [-0.2, 0) is 6.54 Å². The lowest BCUT2D eigenvalue weighted by molar-refractivity contribution is 0.0877. The molecule has 142 valence electrons. The topological polar surface area (TPSA) is 56.0 Å². The summed E-state index contributed by atoms with van der Waals surface area (Å²) in [5.74, 6) is 0.617. The van der Waals surface area contributed by atoms with Crippen molar-refractivity contribution < 1.29 is 9.18 Å². The molecule has 0 amide bonds.